The standard InChI is InChI=1S/C28H38FN3O6S/c1-5-20(3)30-28(34)24(6-2)31(19-21-9-11-22(29)12-10-21)27(33)8-7-15-32(39(4,35)36)23-13-14-25-26(18-23)38-17-16-37-25/h9-14,18,20,24H,5-8,15-17,19H2,1-4H3,(H,30,34). The summed E-state index contributed by atoms with van der Waals surface area (Å²) in [6, 6.07) is 9.95. The molecule has 2 unspecified atom stereocenters. The number of halogens is 1. The van der Waals surface area contributed by atoms with Crippen molar-refractivity contribution in [3.63, 3.8) is 0 Å². The number of nitrogens with one attached hydrogen (secondary N) is 1. The van der Waals surface area contributed by atoms with Gasteiger partial charge in [-0.3, -0.25) is 13.9 Å². The Hall–Kier alpha value is -3.34. The molecule has 0 spiro atoms. The van der Waals surface area contributed by atoms with Crippen molar-refractivity contribution in [2.75, 3.05) is 30.3 Å². The zero-order valence-electron chi connectivity index (χ0n) is 23.0. The number of amides is 2. The molecule has 1 heterocycles. The fourth-order valence-electron chi connectivity index (χ4n) is 4.34. The second-order valence-corrected chi connectivity index (χ2v) is 11.6. The largest absolute Gasteiger partial charge is 0.486 e. The molecule has 0 fully saturated rings. The number of carbonyl (C=O) groups is 2. The first-order chi connectivity index (χ1) is 18.5. The number of benzene rings is 2. The van der Waals surface area contributed by atoms with Crippen LogP contribution in [0.25, 0.3) is 0 Å². The molecule has 39 heavy (non-hydrogen) atoms. The molecule has 2 amide bonds. The number of hydrogen-bond donors (Lipinski definition) is 1. The SMILES string of the molecule is CCC(C)NC(=O)C(CC)N(Cc1ccc(F)cc1)C(=O)CCCN(c1ccc2c(c1)OCCO2)S(C)(=O)=O. The van der Waals surface area contributed by atoms with Crippen molar-refractivity contribution in [1.29, 1.82) is 0 Å². The van der Waals surface area contributed by atoms with Crippen LogP contribution in [-0.2, 0) is 26.2 Å². The predicted molar refractivity (Wildman–Crippen MR) is 148 cm³/mol. The van der Waals surface area contributed by atoms with Gasteiger partial charge in [0.15, 0.2) is 11.5 Å². The van der Waals surface area contributed by atoms with Gasteiger partial charge >= 0.3 is 0 Å². The summed E-state index contributed by atoms with van der Waals surface area (Å²) in [6.07, 6.45) is 2.49. The number of ether oxygens (including phenoxy) is 2. The summed E-state index contributed by atoms with van der Waals surface area (Å²) in [7, 11) is -3.65. The van der Waals surface area contributed by atoms with Crippen LogP contribution in [0.15, 0.2) is 42.5 Å². The lowest BCUT2D eigenvalue weighted by Crippen LogP contribution is -2.50. The van der Waals surface area contributed by atoms with Crippen molar-refractivity contribution in [3.05, 3.63) is 53.8 Å². The smallest absolute Gasteiger partial charge is 0.243 e. The molecule has 0 aliphatic carbocycles. The Kier molecular flexibility index (Phi) is 10.6. The lowest BCUT2D eigenvalue weighted by Gasteiger charge is -2.32. The molecule has 214 valence electrons. The summed E-state index contributed by atoms with van der Waals surface area (Å²) < 4.78 is 51.1. The van der Waals surface area contributed by atoms with Crippen LogP contribution in [0.1, 0.15) is 52.0 Å². The van der Waals surface area contributed by atoms with E-state index in [1.165, 1.54) is 21.3 Å². The zero-order valence-corrected chi connectivity index (χ0v) is 23.8. The summed E-state index contributed by atoms with van der Waals surface area (Å²) in [5, 5.41) is 2.95. The highest BCUT2D eigenvalue weighted by atomic mass is 32.2. The molecule has 2 aromatic rings. The monoisotopic (exact) mass is 563 g/mol. The molecule has 9 nitrogen and oxygen atoms in total. The quantitative estimate of drug-likeness (QED) is 0.397. The van der Waals surface area contributed by atoms with Crippen LogP contribution in [-0.4, -0.2) is 63.2 Å². The maximum absolute atomic E-state index is 13.5. The van der Waals surface area contributed by atoms with Crippen LogP contribution < -0.4 is 19.1 Å². The molecule has 1 aliphatic heterocycles. The van der Waals surface area contributed by atoms with E-state index in [0.29, 0.717) is 42.4 Å². The molecule has 3 rings (SSSR count). The summed E-state index contributed by atoms with van der Waals surface area (Å²) in [6.45, 7) is 6.67. The highest BCUT2D eigenvalue weighted by Crippen LogP contribution is 2.34. The summed E-state index contributed by atoms with van der Waals surface area (Å²) in [4.78, 5) is 28.1. The minimum Gasteiger partial charge on any atom is -0.486 e. The number of rotatable bonds is 13. The van der Waals surface area contributed by atoms with Gasteiger partial charge < -0.3 is 19.7 Å². The molecule has 0 radical (unpaired) electrons. The summed E-state index contributed by atoms with van der Waals surface area (Å²) >= 11 is 0. The molecule has 0 aromatic heterocycles. The highest BCUT2D eigenvalue weighted by molar-refractivity contribution is 7.92. The maximum Gasteiger partial charge on any atom is 0.243 e. The van der Waals surface area contributed by atoms with Crippen LogP contribution in [0.2, 0.25) is 0 Å². The average Bonchev–Trinajstić information content (AvgIpc) is 2.90. The third kappa shape index (κ3) is 8.32. The number of hydrogen-bond acceptors (Lipinski definition) is 6. The van der Waals surface area contributed by atoms with Crippen molar-refractivity contribution < 1.29 is 31.9 Å². The van der Waals surface area contributed by atoms with E-state index in [4.69, 9.17) is 9.47 Å². The van der Waals surface area contributed by atoms with E-state index >= 15 is 0 Å². The highest BCUT2D eigenvalue weighted by Gasteiger charge is 2.29. The maximum atomic E-state index is 13.5. The number of sulfonamides is 1. The molecule has 2 atom stereocenters. The second kappa shape index (κ2) is 13.6. The molecular formula is C28H38FN3O6S. The van der Waals surface area contributed by atoms with Crippen LogP contribution in [0.3, 0.4) is 0 Å². The van der Waals surface area contributed by atoms with Gasteiger partial charge in [0.25, 0.3) is 0 Å². The van der Waals surface area contributed by atoms with Gasteiger partial charge in [0.1, 0.15) is 25.1 Å². The molecule has 0 bridgehead atoms. The lowest BCUT2D eigenvalue weighted by molar-refractivity contribution is -0.141. The number of fused-ring (bicyclic) bond motifs is 1. The molecule has 1 aliphatic rings. The van der Waals surface area contributed by atoms with Gasteiger partial charge in [-0.2, -0.15) is 0 Å². The van der Waals surface area contributed by atoms with E-state index in [0.717, 1.165) is 12.7 Å². The topological polar surface area (TPSA) is 105 Å². The van der Waals surface area contributed by atoms with E-state index in [1.54, 1.807) is 30.3 Å². The summed E-state index contributed by atoms with van der Waals surface area (Å²) in [5.41, 5.74) is 1.10. The number of anilines is 1. The van der Waals surface area contributed by atoms with Crippen LogP contribution >= 0.6 is 0 Å². The first kappa shape index (κ1) is 30.2. The Labute approximate surface area is 230 Å². The molecule has 11 heteroatoms. The Morgan fingerprint density at radius 1 is 1.03 bits per heavy atom. The Morgan fingerprint density at radius 2 is 1.69 bits per heavy atom. The van der Waals surface area contributed by atoms with Crippen molar-refractivity contribution in [2.24, 2.45) is 0 Å². The molecule has 0 saturated carbocycles. The van der Waals surface area contributed by atoms with Crippen molar-refractivity contribution in [2.45, 2.75) is 65.1 Å². The van der Waals surface area contributed by atoms with Gasteiger partial charge in [0, 0.05) is 31.6 Å². The van der Waals surface area contributed by atoms with Gasteiger partial charge in [0.2, 0.25) is 21.8 Å². The number of carbonyl (C=O) groups excluding carboxylic acids is 2. The third-order valence-electron chi connectivity index (χ3n) is 6.62. The zero-order chi connectivity index (χ0) is 28.6. The molecule has 0 saturated heterocycles. The average molecular weight is 564 g/mol. The third-order valence-corrected chi connectivity index (χ3v) is 7.81. The van der Waals surface area contributed by atoms with Gasteiger partial charge in [-0.15, -0.1) is 0 Å². The first-order valence-corrected chi connectivity index (χ1v) is 15.1. The van der Waals surface area contributed by atoms with Crippen molar-refractivity contribution in [1.82, 2.24) is 10.2 Å². The van der Waals surface area contributed by atoms with Crippen molar-refractivity contribution in [3.8, 4) is 11.5 Å². The van der Waals surface area contributed by atoms with Gasteiger partial charge in [-0.05, 0) is 56.0 Å². The van der Waals surface area contributed by atoms with Crippen molar-refractivity contribution >= 4 is 27.5 Å². The van der Waals surface area contributed by atoms with E-state index in [9.17, 15) is 22.4 Å². The minimum absolute atomic E-state index is 0.0187. The lowest BCUT2D eigenvalue weighted by atomic mass is 10.1. The Morgan fingerprint density at radius 3 is 2.31 bits per heavy atom. The fourth-order valence-corrected chi connectivity index (χ4v) is 5.30. The Bertz CT molecular complexity index is 1240. The molecule has 2 aromatic carbocycles. The Balaban J connectivity index is 1.77. The molecule has 1 N–H and O–H groups in total. The predicted octanol–water partition coefficient (Wildman–Crippen LogP) is 3.87. The van der Waals surface area contributed by atoms with Gasteiger partial charge in [0.05, 0.1) is 11.9 Å². The van der Waals surface area contributed by atoms with E-state index in [-0.39, 0.29) is 43.8 Å². The van der Waals surface area contributed by atoms with Gasteiger partial charge in [-0.25, -0.2) is 12.8 Å². The normalized spacial score (nSPS) is 14.3. The van der Waals surface area contributed by atoms with Crippen LogP contribution in [0.4, 0.5) is 10.1 Å². The minimum atomic E-state index is -3.65. The van der Waals surface area contributed by atoms with E-state index < -0.39 is 21.9 Å². The number of nitrogens with zero attached hydrogens (tertiary/aromatic N) is 2. The fraction of sp³-hybridized carbons (Fsp3) is 0.500. The van der Waals surface area contributed by atoms with Gasteiger partial charge in [-0.1, -0.05) is 26.0 Å². The van der Waals surface area contributed by atoms with Crippen LogP contribution in [0.5, 0.6) is 11.5 Å². The van der Waals surface area contributed by atoms with E-state index in [1.807, 2.05) is 20.8 Å². The first-order valence-electron chi connectivity index (χ1n) is 13.2. The summed E-state index contributed by atoms with van der Waals surface area (Å²) in [5.74, 6) is 0.0778. The van der Waals surface area contributed by atoms with Crippen LogP contribution in [0, 0.1) is 5.82 Å². The molecular weight excluding hydrogens is 525 g/mol. The second-order valence-electron chi connectivity index (χ2n) is 9.66. The van der Waals surface area contributed by atoms with E-state index in [2.05, 4.69) is 5.32 Å².